The average Bonchev–Trinajstić information content (AvgIpc) is 2.92. The molecule has 0 aromatic heterocycles. The number of carbonyl (C=O) groups is 2. The van der Waals surface area contributed by atoms with Crippen molar-refractivity contribution in [2.24, 2.45) is 17.6 Å². The maximum absolute atomic E-state index is 12.2. The molecule has 25 heavy (non-hydrogen) atoms. The first-order chi connectivity index (χ1) is 11.4. The van der Waals surface area contributed by atoms with Gasteiger partial charge in [0.05, 0.1) is 0 Å². The lowest BCUT2D eigenvalue weighted by Gasteiger charge is -2.16. The predicted octanol–water partition coefficient (Wildman–Crippen LogP) is 3.26. The van der Waals surface area contributed by atoms with Crippen LogP contribution in [0.25, 0.3) is 0 Å². The Hall–Kier alpha value is -1.59. The van der Waals surface area contributed by atoms with Crippen LogP contribution in [-0.4, -0.2) is 24.4 Å². The van der Waals surface area contributed by atoms with Gasteiger partial charge in [-0.3, -0.25) is 9.59 Å². The number of hydrogen-bond donors (Lipinski definition) is 3. The van der Waals surface area contributed by atoms with Gasteiger partial charge in [-0.25, -0.2) is 0 Å². The van der Waals surface area contributed by atoms with Crippen molar-refractivity contribution in [3.8, 4) is 0 Å². The van der Waals surface area contributed by atoms with E-state index in [0.717, 1.165) is 30.5 Å². The minimum Gasteiger partial charge on any atom is -0.352 e. The number of aryl methyl sites for hydroxylation is 1. The quantitative estimate of drug-likeness (QED) is 0.721. The van der Waals surface area contributed by atoms with E-state index in [0.29, 0.717) is 24.4 Å². The zero-order chi connectivity index (χ0) is 17.7. The number of rotatable bonds is 6. The monoisotopic (exact) mass is 367 g/mol. The van der Waals surface area contributed by atoms with Crippen molar-refractivity contribution in [3.05, 3.63) is 29.3 Å². The Balaban J connectivity index is 0.00000312. The van der Waals surface area contributed by atoms with Gasteiger partial charge in [0.1, 0.15) is 0 Å². The molecule has 0 unspecified atom stereocenters. The molecule has 2 amide bonds. The van der Waals surface area contributed by atoms with E-state index < -0.39 is 0 Å². The minimum absolute atomic E-state index is 0. The number of amides is 2. The summed E-state index contributed by atoms with van der Waals surface area (Å²) >= 11 is 0. The lowest BCUT2D eigenvalue weighted by molar-refractivity contribution is -0.117. The fourth-order valence-corrected chi connectivity index (χ4v) is 3.10. The fraction of sp³-hybridized carbons (Fsp3) is 0.579. The number of nitrogens with one attached hydrogen (secondary N) is 2. The standard InChI is InChI=1S/C19H29N3O2.ClH/c1-12(2)11-21-19(24)15-7-8-17(13(3)9-15)22-18(23)10-14-5-4-6-16(14)20;/h7-9,12,14,16H,4-6,10-11,20H2,1-3H3,(H,21,24)(H,22,23);1H/t14-,16+;/m0./s1. The number of benzene rings is 1. The molecule has 1 aromatic rings. The summed E-state index contributed by atoms with van der Waals surface area (Å²) in [4.78, 5) is 24.3. The maximum atomic E-state index is 12.2. The molecule has 2 rings (SSSR count). The zero-order valence-electron chi connectivity index (χ0n) is 15.3. The SMILES string of the molecule is Cc1cc(C(=O)NCC(C)C)ccc1NC(=O)C[C@@H]1CCC[C@H]1N.Cl. The highest BCUT2D eigenvalue weighted by molar-refractivity contribution is 5.96. The van der Waals surface area contributed by atoms with Gasteiger partial charge in [-0.15, -0.1) is 12.4 Å². The van der Waals surface area contributed by atoms with Crippen molar-refractivity contribution in [3.63, 3.8) is 0 Å². The molecule has 1 aromatic carbocycles. The van der Waals surface area contributed by atoms with Gasteiger partial charge in [-0.05, 0) is 55.4 Å². The van der Waals surface area contributed by atoms with E-state index in [4.69, 9.17) is 5.73 Å². The van der Waals surface area contributed by atoms with E-state index >= 15 is 0 Å². The molecule has 6 heteroatoms. The van der Waals surface area contributed by atoms with Crippen LogP contribution in [0.4, 0.5) is 5.69 Å². The van der Waals surface area contributed by atoms with Crippen LogP contribution in [0.15, 0.2) is 18.2 Å². The molecule has 1 aliphatic carbocycles. The third kappa shape index (κ3) is 6.33. The van der Waals surface area contributed by atoms with Gasteiger partial charge in [0, 0.05) is 30.3 Å². The number of anilines is 1. The molecule has 1 fully saturated rings. The van der Waals surface area contributed by atoms with Crippen molar-refractivity contribution in [2.75, 3.05) is 11.9 Å². The Kier molecular flexibility index (Phi) is 8.39. The van der Waals surface area contributed by atoms with Crippen LogP contribution in [0, 0.1) is 18.8 Å². The molecule has 2 atom stereocenters. The highest BCUT2D eigenvalue weighted by atomic mass is 35.5. The summed E-state index contributed by atoms with van der Waals surface area (Å²) < 4.78 is 0. The second-order valence-electron chi connectivity index (χ2n) is 7.24. The molecule has 0 heterocycles. The second kappa shape index (κ2) is 9.78. The Morgan fingerprint density at radius 2 is 2.00 bits per heavy atom. The molecular weight excluding hydrogens is 338 g/mol. The van der Waals surface area contributed by atoms with E-state index in [1.165, 1.54) is 0 Å². The normalized spacial score (nSPS) is 19.4. The van der Waals surface area contributed by atoms with Gasteiger partial charge in [-0.2, -0.15) is 0 Å². The second-order valence-corrected chi connectivity index (χ2v) is 7.24. The van der Waals surface area contributed by atoms with E-state index in [1.807, 2.05) is 13.0 Å². The first-order valence-corrected chi connectivity index (χ1v) is 8.81. The molecular formula is C19H30ClN3O2. The van der Waals surface area contributed by atoms with Crippen LogP contribution >= 0.6 is 12.4 Å². The molecule has 0 saturated heterocycles. The van der Waals surface area contributed by atoms with Gasteiger partial charge in [0.15, 0.2) is 0 Å². The van der Waals surface area contributed by atoms with Gasteiger partial charge >= 0.3 is 0 Å². The number of halogens is 1. The smallest absolute Gasteiger partial charge is 0.251 e. The number of hydrogen-bond acceptors (Lipinski definition) is 3. The summed E-state index contributed by atoms with van der Waals surface area (Å²) in [6.07, 6.45) is 3.62. The summed E-state index contributed by atoms with van der Waals surface area (Å²) in [7, 11) is 0. The molecule has 140 valence electrons. The van der Waals surface area contributed by atoms with Crippen molar-refractivity contribution in [2.45, 2.75) is 52.5 Å². The first kappa shape index (κ1) is 21.5. The minimum atomic E-state index is -0.0818. The summed E-state index contributed by atoms with van der Waals surface area (Å²) in [5.74, 6) is 0.612. The van der Waals surface area contributed by atoms with Gasteiger partial charge in [0.25, 0.3) is 5.91 Å². The number of nitrogens with two attached hydrogens (primary N) is 1. The first-order valence-electron chi connectivity index (χ1n) is 8.81. The van der Waals surface area contributed by atoms with Crippen LogP contribution in [0.5, 0.6) is 0 Å². The predicted molar refractivity (Wildman–Crippen MR) is 104 cm³/mol. The molecule has 0 aliphatic heterocycles. The summed E-state index contributed by atoms with van der Waals surface area (Å²) in [5.41, 5.74) is 8.29. The summed E-state index contributed by atoms with van der Waals surface area (Å²) in [5, 5.41) is 5.85. The van der Waals surface area contributed by atoms with E-state index in [-0.39, 0.29) is 36.2 Å². The molecule has 0 spiro atoms. The van der Waals surface area contributed by atoms with E-state index in [9.17, 15) is 9.59 Å². The zero-order valence-corrected chi connectivity index (χ0v) is 16.1. The Bertz CT molecular complexity index is 604. The van der Waals surface area contributed by atoms with Crippen LogP contribution in [0.1, 0.15) is 55.5 Å². The van der Waals surface area contributed by atoms with Gasteiger partial charge in [0.2, 0.25) is 5.91 Å². The van der Waals surface area contributed by atoms with Crippen LogP contribution in [0.3, 0.4) is 0 Å². The van der Waals surface area contributed by atoms with Gasteiger partial charge in [-0.1, -0.05) is 20.3 Å². The van der Waals surface area contributed by atoms with Gasteiger partial charge < -0.3 is 16.4 Å². The van der Waals surface area contributed by atoms with E-state index in [1.54, 1.807) is 12.1 Å². The Labute approximate surface area is 156 Å². The number of carbonyl (C=O) groups excluding carboxylic acids is 2. The van der Waals surface area contributed by atoms with Crippen molar-refractivity contribution in [1.82, 2.24) is 5.32 Å². The molecule has 0 bridgehead atoms. The average molecular weight is 368 g/mol. The fourth-order valence-electron chi connectivity index (χ4n) is 3.10. The van der Waals surface area contributed by atoms with Crippen molar-refractivity contribution >= 4 is 29.9 Å². The summed E-state index contributed by atoms with van der Waals surface area (Å²) in [6.45, 7) is 6.66. The molecule has 4 N–H and O–H groups in total. The topological polar surface area (TPSA) is 84.2 Å². The van der Waals surface area contributed by atoms with Crippen LogP contribution in [-0.2, 0) is 4.79 Å². The van der Waals surface area contributed by atoms with Crippen LogP contribution < -0.4 is 16.4 Å². The van der Waals surface area contributed by atoms with Crippen molar-refractivity contribution < 1.29 is 9.59 Å². The molecule has 5 nitrogen and oxygen atoms in total. The lowest BCUT2D eigenvalue weighted by atomic mass is 9.99. The van der Waals surface area contributed by atoms with Crippen LogP contribution in [0.2, 0.25) is 0 Å². The lowest BCUT2D eigenvalue weighted by Crippen LogP contribution is -2.28. The summed E-state index contributed by atoms with van der Waals surface area (Å²) in [6, 6.07) is 5.50. The maximum Gasteiger partial charge on any atom is 0.251 e. The van der Waals surface area contributed by atoms with Crippen molar-refractivity contribution in [1.29, 1.82) is 0 Å². The largest absolute Gasteiger partial charge is 0.352 e. The molecule has 1 saturated carbocycles. The highest BCUT2D eigenvalue weighted by Gasteiger charge is 2.26. The van der Waals surface area contributed by atoms with E-state index in [2.05, 4.69) is 24.5 Å². The third-order valence-electron chi connectivity index (χ3n) is 4.60. The molecule has 0 radical (unpaired) electrons. The molecule has 1 aliphatic rings. The highest BCUT2D eigenvalue weighted by Crippen LogP contribution is 2.27. The Morgan fingerprint density at radius 3 is 2.56 bits per heavy atom. The third-order valence-corrected chi connectivity index (χ3v) is 4.60. The Morgan fingerprint density at radius 1 is 1.28 bits per heavy atom.